The Kier molecular flexibility index (Phi) is 3.95. The molecule has 2 heteroatoms. The molecule has 2 bridgehead atoms. The van der Waals surface area contributed by atoms with Gasteiger partial charge in [-0.1, -0.05) is 19.3 Å². The van der Waals surface area contributed by atoms with Crippen molar-refractivity contribution in [3.63, 3.8) is 0 Å². The van der Waals surface area contributed by atoms with Crippen LogP contribution in [0.1, 0.15) is 52.4 Å². The largest absolute Gasteiger partial charge is 0.313 e. The van der Waals surface area contributed by atoms with Gasteiger partial charge in [0.25, 0.3) is 0 Å². The molecular formula is C16H30N2. The quantitative estimate of drug-likeness (QED) is 0.807. The van der Waals surface area contributed by atoms with E-state index in [0.717, 1.165) is 29.8 Å². The molecule has 1 heterocycles. The summed E-state index contributed by atoms with van der Waals surface area (Å²) < 4.78 is 0. The third-order valence-electron chi connectivity index (χ3n) is 5.46. The van der Waals surface area contributed by atoms with Crippen LogP contribution in [0.15, 0.2) is 0 Å². The molecule has 3 aliphatic rings. The van der Waals surface area contributed by atoms with Gasteiger partial charge in [-0.3, -0.25) is 0 Å². The van der Waals surface area contributed by atoms with Gasteiger partial charge in [-0.15, -0.1) is 0 Å². The molecule has 1 N–H and O–H groups in total. The van der Waals surface area contributed by atoms with E-state index in [0.29, 0.717) is 0 Å². The Hall–Kier alpha value is -0.0800. The summed E-state index contributed by atoms with van der Waals surface area (Å²) in [5.74, 6) is 2.94. The Morgan fingerprint density at radius 3 is 2.28 bits per heavy atom. The van der Waals surface area contributed by atoms with Crippen molar-refractivity contribution in [1.82, 2.24) is 10.2 Å². The van der Waals surface area contributed by atoms with Gasteiger partial charge in [0.2, 0.25) is 0 Å². The molecule has 2 nitrogen and oxygen atoms in total. The van der Waals surface area contributed by atoms with Gasteiger partial charge in [0.15, 0.2) is 0 Å². The molecular weight excluding hydrogens is 220 g/mol. The van der Waals surface area contributed by atoms with Crippen molar-refractivity contribution in [3.8, 4) is 0 Å². The zero-order valence-electron chi connectivity index (χ0n) is 12.2. The van der Waals surface area contributed by atoms with Crippen molar-refractivity contribution < 1.29 is 0 Å². The first-order valence-corrected chi connectivity index (χ1v) is 8.21. The molecule has 2 unspecified atom stereocenters. The van der Waals surface area contributed by atoms with Crippen molar-refractivity contribution >= 4 is 0 Å². The van der Waals surface area contributed by atoms with Gasteiger partial charge in [0.1, 0.15) is 0 Å². The van der Waals surface area contributed by atoms with E-state index in [1.807, 2.05) is 0 Å². The van der Waals surface area contributed by atoms with Crippen LogP contribution in [0.2, 0.25) is 0 Å². The highest BCUT2D eigenvalue weighted by Crippen LogP contribution is 2.36. The van der Waals surface area contributed by atoms with Crippen molar-refractivity contribution in [2.75, 3.05) is 19.6 Å². The van der Waals surface area contributed by atoms with Gasteiger partial charge in [0, 0.05) is 25.2 Å². The van der Waals surface area contributed by atoms with Crippen molar-refractivity contribution in [3.05, 3.63) is 0 Å². The van der Waals surface area contributed by atoms with E-state index < -0.39 is 0 Å². The van der Waals surface area contributed by atoms with Gasteiger partial charge < -0.3 is 10.2 Å². The van der Waals surface area contributed by atoms with Gasteiger partial charge in [0.05, 0.1) is 0 Å². The lowest BCUT2D eigenvalue weighted by Crippen LogP contribution is -2.58. The highest BCUT2D eigenvalue weighted by Gasteiger charge is 2.39. The number of piperidine rings is 1. The average molecular weight is 250 g/mol. The van der Waals surface area contributed by atoms with Crippen LogP contribution in [0.25, 0.3) is 0 Å². The number of nitrogens with zero attached hydrogens (tertiary/aromatic N) is 1. The lowest BCUT2D eigenvalue weighted by atomic mass is 9.73. The second-order valence-electron chi connectivity index (χ2n) is 7.21. The van der Waals surface area contributed by atoms with Crippen LogP contribution >= 0.6 is 0 Å². The summed E-state index contributed by atoms with van der Waals surface area (Å²) in [6.07, 6.45) is 8.83. The molecule has 0 spiro atoms. The zero-order valence-corrected chi connectivity index (χ0v) is 12.2. The highest BCUT2D eigenvalue weighted by atomic mass is 15.2. The van der Waals surface area contributed by atoms with Crippen LogP contribution in [0.5, 0.6) is 0 Å². The Balaban J connectivity index is 1.53. The van der Waals surface area contributed by atoms with Crippen LogP contribution in [0.3, 0.4) is 0 Å². The Bertz CT molecular complexity index is 258. The average Bonchev–Trinajstić information content (AvgIpc) is 3.12. The summed E-state index contributed by atoms with van der Waals surface area (Å²) in [6.45, 7) is 8.68. The molecule has 0 aromatic carbocycles. The number of hydrogen-bond acceptors (Lipinski definition) is 2. The van der Waals surface area contributed by atoms with Crippen molar-refractivity contribution in [2.24, 2.45) is 17.8 Å². The summed E-state index contributed by atoms with van der Waals surface area (Å²) >= 11 is 0. The molecule has 1 aliphatic heterocycles. The first-order valence-electron chi connectivity index (χ1n) is 8.21. The minimum Gasteiger partial charge on any atom is -0.313 e. The van der Waals surface area contributed by atoms with Gasteiger partial charge in [-0.05, 0) is 57.4 Å². The molecule has 0 aromatic rings. The number of rotatable bonds is 5. The Morgan fingerprint density at radius 2 is 1.72 bits per heavy atom. The summed E-state index contributed by atoms with van der Waals surface area (Å²) in [7, 11) is 0. The van der Waals surface area contributed by atoms with E-state index in [9.17, 15) is 0 Å². The monoisotopic (exact) mass is 250 g/mol. The molecule has 18 heavy (non-hydrogen) atoms. The van der Waals surface area contributed by atoms with Crippen LogP contribution in [0.4, 0.5) is 0 Å². The molecule has 1 saturated heterocycles. The normalized spacial score (nSPS) is 37.2. The smallest absolute Gasteiger partial charge is 0.0148 e. The molecule has 3 fully saturated rings. The Labute approximate surface area is 113 Å². The SMILES string of the molecule is CC(C)N1CC2CCCC(C1)C2NCCC1CC1. The molecule has 2 saturated carbocycles. The third kappa shape index (κ3) is 2.91. The summed E-state index contributed by atoms with van der Waals surface area (Å²) in [6, 6.07) is 1.58. The summed E-state index contributed by atoms with van der Waals surface area (Å²) in [5.41, 5.74) is 0. The van der Waals surface area contributed by atoms with Gasteiger partial charge in [-0.25, -0.2) is 0 Å². The molecule has 0 amide bonds. The standard InChI is InChI=1S/C16H30N2/c1-12(2)18-10-14-4-3-5-15(11-18)16(14)17-9-8-13-6-7-13/h12-17H,3-11H2,1-2H3. The zero-order chi connectivity index (χ0) is 12.5. The summed E-state index contributed by atoms with van der Waals surface area (Å²) in [5, 5.41) is 3.93. The van der Waals surface area contributed by atoms with Gasteiger partial charge >= 0.3 is 0 Å². The lowest BCUT2D eigenvalue weighted by Gasteiger charge is -2.49. The number of nitrogens with one attached hydrogen (secondary N) is 1. The van der Waals surface area contributed by atoms with E-state index >= 15 is 0 Å². The van der Waals surface area contributed by atoms with Gasteiger partial charge in [-0.2, -0.15) is 0 Å². The number of fused-ring (bicyclic) bond motifs is 2. The van der Waals surface area contributed by atoms with Crippen LogP contribution in [-0.2, 0) is 0 Å². The fourth-order valence-corrected chi connectivity index (χ4v) is 4.09. The number of hydrogen-bond donors (Lipinski definition) is 1. The maximum absolute atomic E-state index is 3.93. The molecule has 2 aliphatic carbocycles. The van der Waals surface area contributed by atoms with E-state index in [2.05, 4.69) is 24.1 Å². The molecule has 0 radical (unpaired) electrons. The summed E-state index contributed by atoms with van der Waals surface area (Å²) in [4.78, 5) is 2.72. The highest BCUT2D eigenvalue weighted by molar-refractivity contribution is 4.95. The Morgan fingerprint density at radius 1 is 1.06 bits per heavy atom. The first-order chi connectivity index (χ1) is 8.74. The minimum absolute atomic E-state index is 0.737. The maximum Gasteiger partial charge on any atom is 0.0148 e. The lowest BCUT2D eigenvalue weighted by molar-refractivity contribution is 0.0296. The van der Waals surface area contributed by atoms with E-state index in [1.54, 1.807) is 0 Å². The molecule has 3 rings (SSSR count). The maximum atomic E-state index is 3.93. The fraction of sp³-hybridized carbons (Fsp3) is 1.00. The second kappa shape index (κ2) is 5.50. The third-order valence-corrected chi connectivity index (χ3v) is 5.46. The van der Waals surface area contributed by atoms with Crippen LogP contribution in [-0.4, -0.2) is 36.6 Å². The van der Waals surface area contributed by atoms with E-state index in [1.165, 1.54) is 58.2 Å². The molecule has 2 atom stereocenters. The van der Waals surface area contributed by atoms with E-state index in [4.69, 9.17) is 0 Å². The molecule has 0 aromatic heterocycles. The second-order valence-corrected chi connectivity index (χ2v) is 7.21. The first kappa shape index (κ1) is 12.9. The minimum atomic E-state index is 0.737. The van der Waals surface area contributed by atoms with Crippen LogP contribution < -0.4 is 5.32 Å². The van der Waals surface area contributed by atoms with Crippen molar-refractivity contribution in [2.45, 2.75) is 64.5 Å². The van der Waals surface area contributed by atoms with Crippen molar-refractivity contribution in [1.29, 1.82) is 0 Å². The predicted molar refractivity (Wildman–Crippen MR) is 76.7 cm³/mol. The number of likely N-dealkylation sites (tertiary alicyclic amines) is 1. The predicted octanol–water partition coefficient (Wildman–Crippen LogP) is 2.89. The molecule has 104 valence electrons. The topological polar surface area (TPSA) is 15.3 Å². The van der Waals surface area contributed by atoms with Crippen LogP contribution in [0, 0.1) is 17.8 Å². The fourth-order valence-electron chi connectivity index (χ4n) is 4.09. The van der Waals surface area contributed by atoms with E-state index in [-0.39, 0.29) is 0 Å².